The molecule has 0 atom stereocenters. The smallest absolute Gasteiger partial charge is 0.122 e. The van der Waals surface area contributed by atoms with Gasteiger partial charge < -0.3 is 14.7 Å². The number of H-pyrrole nitrogens is 1. The highest BCUT2D eigenvalue weighted by molar-refractivity contribution is 5.86. The molecule has 2 N–H and O–H groups in total. The van der Waals surface area contributed by atoms with Crippen LogP contribution in [-0.2, 0) is 6.54 Å². The van der Waals surface area contributed by atoms with Gasteiger partial charge in [0.05, 0.1) is 42.7 Å². The van der Waals surface area contributed by atoms with Crippen molar-refractivity contribution in [3.63, 3.8) is 0 Å². The number of pyridine rings is 1. The second kappa shape index (κ2) is 3.69. The molecule has 0 aliphatic rings. The molecule has 0 radical (unpaired) electrons. The van der Waals surface area contributed by atoms with E-state index in [4.69, 9.17) is 4.42 Å². The number of anilines is 1. The molecular formula is C11H10N4O. The van der Waals surface area contributed by atoms with Gasteiger partial charge in [-0.05, 0) is 12.1 Å². The van der Waals surface area contributed by atoms with Gasteiger partial charge >= 0.3 is 0 Å². The fourth-order valence-corrected chi connectivity index (χ4v) is 1.59. The molecule has 0 fully saturated rings. The lowest BCUT2D eigenvalue weighted by atomic mass is 10.3. The summed E-state index contributed by atoms with van der Waals surface area (Å²) >= 11 is 0. The molecule has 5 nitrogen and oxygen atoms in total. The van der Waals surface area contributed by atoms with Crippen LogP contribution in [0.4, 0.5) is 5.69 Å². The van der Waals surface area contributed by atoms with Crippen LogP contribution >= 0.6 is 0 Å². The maximum absolute atomic E-state index is 5.24. The molecule has 0 saturated heterocycles. The monoisotopic (exact) mass is 214 g/mol. The van der Waals surface area contributed by atoms with Gasteiger partial charge in [0.1, 0.15) is 11.3 Å². The van der Waals surface area contributed by atoms with E-state index in [9.17, 15) is 0 Å². The van der Waals surface area contributed by atoms with Gasteiger partial charge in [-0.2, -0.15) is 0 Å². The molecule has 16 heavy (non-hydrogen) atoms. The van der Waals surface area contributed by atoms with Crippen LogP contribution in [0.1, 0.15) is 5.76 Å². The van der Waals surface area contributed by atoms with Crippen molar-refractivity contribution >= 4 is 16.7 Å². The molecule has 5 heteroatoms. The number of imidazole rings is 1. The van der Waals surface area contributed by atoms with Crippen molar-refractivity contribution in [1.29, 1.82) is 0 Å². The minimum absolute atomic E-state index is 0.626. The van der Waals surface area contributed by atoms with Gasteiger partial charge in [-0.1, -0.05) is 0 Å². The number of fused-ring (bicyclic) bond motifs is 1. The van der Waals surface area contributed by atoms with Crippen LogP contribution in [0.25, 0.3) is 11.0 Å². The number of aromatic amines is 1. The molecule has 0 saturated carbocycles. The topological polar surface area (TPSA) is 66.7 Å². The molecular weight excluding hydrogens is 204 g/mol. The van der Waals surface area contributed by atoms with Crippen molar-refractivity contribution < 1.29 is 4.42 Å². The number of hydrogen-bond donors (Lipinski definition) is 2. The maximum Gasteiger partial charge on any atom is 0.122 e. The van der Waals surface area contributed by atoms with Crippen LogP contribution < -0.4 is 5.32 Å². The Hall–Kier alpha value is -2.30. The number of furan rings is 1. The third kappa shape index (κ3) is 1.52. The molecule has 0 spiro atoms. The van der Waals surface area contributed by atoms with Gasteiger partial charge in [0, 0.05) is 0 Å². The van der Waals surface area contributed by atoms with Gasteiger partial charge in [0.25, 0.3) is 0 Å². The van der Waals surface area contributed by atoms with Gasteiger partial charge in [-0.15, -0.1) is 0 Å². The Labute approximate surface area is 91.5 Å². The average Bonchev–Trinajstić information content (AvgIpc) is 2.97. The summed E-state index contributed by atoms with van der Waals surface area (Å²) in [6.45, 7) is 0.626. The lowest BCUT2D eigenvalue weighted by Crippen LogP contribution is -1.99. The van der Waals surface area contributed by atoms with Crippen molar-refractivity contribution in [2.24, 2.45) is 0 Å². The van der Waals surface area contributed by atoms with E-state index in [-0.39, 0.29) is 0 Å². The molecule has 0 amide bonds. The number of hydrogen-bond acceptors (Lipinski definition) is 4. The Morgan fingerprint density at radius 2 is 2.38 bits per heavy atom. The quantitative estimate of drug-likeness (QED) is 0.701. The molecule has 0 unspecified atom stereocenters. The van der Waals surface area contributed by atoms with Crippen LogP contribution in [0.15, 0.2) is 41.5 Å². The zero-order valence-corrected chi connectivity index (χ0v) is 8.47. The molecule has 0 aromatic carbocycles. The first-order valence-corrected chi connectivity index (χ1v) is 4.97. The molecule has 3 rings (SSSR count). The third-order valence-corrected chi connectivity index (χ3v) is 2.36. The zero-order chi connectivity index (χ0) is 10.8. The summed E-state index contributed by atoms with van der Waals surface area (Å²) in [5.74, 6) is 0.882. The van der Waals surface area contributed by atoms with Crippen molar-refractivity contribution in [3.8, 4) is 0 Å². The van der Waals surface area contributed by atoms with E-state index in [2.05, 4.69) is 20.3 Å². The summed E-state index contributed by atoms with van der Waals surface area (Å²) in [5, 5.41) is 3.24. The number of nitrogens with one attached hydrogen (secondary N) is 2. The largest absolute Gasteiger partial charge is 0.467 e. The van der Waals surface area contributed by atoms with Gasteiger partial charge in [-0.3, -0.25) is 4.98 Å². The summed E-state index contributed by atoms with van der Waals surface area (Å²) in [6, 6.07) is 3.79. The van der Waals surface area contributed by atoms with Crippen LogP contribution in [0, 0.1) is 0 Å². The Balaban J connectivity index is 1.86. The fourth-order valence-electron chi connectivity index (χ4n) is 1.59. The minimum Gasteiger partial charge on any atom is -0.467 e. The van der Waals surface area contributed by atoms with Gasteiger partial charge in [-0.25, -0.2) is 4.98 Å². The first-order valence-electron chi connectivity index (χ1n) is 4.97. The lowest BCUT2D eigenvalue weighted by molar-refractivity contribution is 0.518. The number of rotatable bonds is 3. The molecule has 80 valence electrons. The molecule has 0 aliphatic carbocycles. The normalized spacial score (nSPS) is 10.8. The Morgan fingerprint density at radius 1 is 1.38 bits per heavy atom. The Bertz CT molecular complexity index is 585. The van der Waals surface area contributed by atoms with Crippen LogP contribution in [0.2, 0.25) is 0 Å². The third-order valence-electron chi connectivity index (χ3n) is 2.36. The highest BCUT2D eigenvalue weighted by atomic mass is 16.3. The lowest BCUT2D eigenvalue weighted by Gasteiger charge is -2.03. The summed E-state index contributed by atoms with van der Waals surface area (Å²) in [7, 11) is 0. The van der Waals surface area contributed by atoms with E-state index in [1.54, 1.807) is 25.0 Å². The van der Waals surface area contributed by atoms with Crippen molar-refractivity contribution in [2.75, 3.05) is 5.32 Å². The van der Waals surface area contributed by atoms with Gasteiger partial charge in [0.15, 0.2) is 0 Å². The first-order chi connectivity index (χ1) is 7.93. The Kier molecular flexibility index (Phi) is 2.07. The highest BCUT2D eigenvalue weighted by Crippen LogP contribution is 2.18. The van der Waals surface area contributed by atoms with E-state index in [1.807, 2.05) is 12.1 Å². The second-order valence-corrected chi connectivity index (χ2v) is 3.42. The summed E-state index contributed by atoms with van der Waals surface area (Å²) < 4.78 is 5.24. The van der Waals surface area contributed by atoms with E-state index in [1.165, 1.54) is 0 Å². The predicted molar refractivity (Wildman–Crippen MR) is 59.9 cm³/mol. The fraction of sp³-hybridized carbons (Fsp3) is 0.0909. The molecule has 3 aromatic rings. The van der Waals surface area contributed by atoms with Crippen LogP contribution in [0.3, 0.4) is 0 Å². The SMILES string of the molecule is c1coc(CNc2cncc3[nH]cnc23)c1. The first kappa shape index (κ1) is 8.96. The summed E-state index contributed by atoms with van der Waals surface area (Å²) in [4.78, 5) is 11.4. The molecule has 0 bridgehead atoms. The van der Waals surface area contributed by atoms with E-state index < -0.39 is 0 Å². The van der Waals surface area contributed by atoms with E-state index >= 15 is 0 Å². The van der Waals surface area contributed by atoms with Crippen molar-refractivity contribution in [3.05, 3.63) is 42.9 Å². The maximum atomic E-state index is 5.24. The zero-order valence-electron chi connectivity index (χ0n) is 8.47. The van der Waals surface area contributed by atoms with Crippen LogP contribution in [-0.4, -0.2) is 15.0 Å². The van der Waals surface area contributed by atoms with E-state index in [0.717, 1.165) is 22.5 Å². The number of nitrogens with zero attached hydrogens (tertiary/aromatic N) is 2. The summed E-state index contributed by atoms with van der Waals surface area (Å²) in [5.41, 5.74) is 2.71. The molecule has 3 heterocycles. The second-order valence-electron chi connectivity index (χ2n) is 3.42. The highest BCUT2D eigenvalue weighted by Gasteiger charge is 2.03. The molecule has 3 aromatic heterocycles. The average molecular weight is 214 g/mol. The van der Waals surface area contributed by atoms with Crippen molar-refractivity contribution in [1.82, 2.24) is 15.0 Å². The van der Waals surface area contributed by atoms with Crippen LogP contribution in [0.5, 0.6) is 0 Å². The van der Waals surface area contributed by atoms with Crippen molar-refractivity contribution in [2.45, 2.75) is 6.54 Å². The van der Waals surface area contributed by atoms with E-state index in [0.29, 0.717) is 6.54 Å². The molecule has 0 aliphatic heterocycles. The Morgan fingerprint density at radius 3 is 3.25 bits per heavy atom. The summed E-state index contributed by atoms with van der Waals surface area (Å²) in [6.07, 6.45) is 6.82. The van der Waals surface area contributed by atoms with Gasteiger partial charge in [0.2, 0.25) is 0 Å². The predicted octanol–water partition coefficient (Wildman–Crippen LogP) is 2.16. The minimum atomic E-state index is 0.626. The standard InChI is InChI=1S/C11H10N4O/c1-2-8(16-3-1)4-13-9-5-12-6-10-11(9)15-7-14-10/h1-3,5-7,13H,4H2,(H,14,15). The number of aromatic nitrogens is 3.